The van der Waals surface area contributed by atoms with Gasteiger partial charge in [0.25, 0.3) is 12.3 Å². The van der Waals surface area contributed by atoms with Crippen LogP contribution in [0.4, 0.5) is 28.9 Å². The van der Waals surface area contributed by atoms with Gasteiger partial charge in [-0.3, -0.25) is 4.79 Å². The maximum absolute atomic E-state index is 15.7. The quantitative estimate of drug-likeness (QED) is 0.438. The Labute approximate surface area is 226 Å². The van der Waals surface area contributed by atoms with Crippen molar-refractivity contribution in [3.63, 3.8) is 0 Å². The first-order valence-corrected chi connectivity index (χ1v) is 13.7. The van der Waals surface area contributed by atoms with Gasteiger partial charge in [-0.15, -0.1) is 0 Å². The molecular formula is C29H36F4N4O2. The van der Waals surface area contributed by atoms with Crippen LogP contribution in [0.15, 0.2) is 30.3 Å². The summed E-state index contributed by atoms with van der Waals surface area (Å²) >= 11 is 0. The number of morpholine rings is 1. The Morgan fingerprint density at radius 3 is 2.36 bits per heavy atom. The number of amides is 1. The zero-order chi connectivity index (χ0) is 27.7. The number of nitrogens with zero attached hydrogens (tertiary/aromatic N) is 2. The first-order chi connectivity index (χ1) is 18.7. The maximum atomic E-state index is 15.7. The molecule has 0 spiro atoms. The van der Waals surface area contributed by atoms with Crippen LogP contribution in [0.5, 0.6) is 0 Å². The zero-order valence-corrected chi connectivity index (χ0v) is 22.4. The Bertz CT molecular complexity index is 1170. The molecule has 2 bridgehead atoms. The van der Waals surface area contributed by atoms with Crippen LogP contribution in [-0.4, -0.2) is 62.3 Å². The third-order valence-corrected chi connectivity index (χ3v) is 8.28. The Morgan fingerprint density at radius 2 is 1.69 bits per heavy atom. The van der Waals surface area contributed by atoms with Crippen molar-refractivity contribution in [3.8, 4) is 0 Å². The number of rotatable bonds is 7. The number of nitrogens with one attached hydrogen (secondary N) is 2. The second-order valence-corrected chi connectivity index (χ2v) is 11.0. The third-order valence-electron chi connectivity index (χ3n) is 8.28. The molecular weight excluding hydrogens is 512 g/mol. The minimum Gasteiger partial charge on any atom is -0.381 e. The number of carbonyl (C=O) groups excluding carboxylic acids is 1. The molecule has 3 aliphatic heterocycles. The number of carbonyl (C=O) groups is 1. The lowest BCUT2D eigenvalue weighted by atomic mass is 9.93. The number of ether oxygens (including phenoxy) is 1. The molecule has 0 saturated carbocycles. The van der Waals surface area contributed by atoms with E-state index in [1.807, 2.05) is 11.9 Å². The summed E-state index contributed by atoms with van der Waals surface area (Å²) in [6.45, 7) is 4.32. The number of halogens is 4. The van der Waals surface area contributed by atoms with Gasteiger partial charge in [0.05, 0.1) is 53.8 Å². The van der Waals surface area contributed by atoms with Crippen LogP contribution in [-0.2, 0) is 4.74 Å². The average Bonchev–Trinajstić information content (AvgIpc) is 2.89. The molecule has 212 valence electrons. The third kappa shape index (κ3) is 5.87. The fourth-order valence-corrected chi connectivity index (χ4v) is 6.09. The molecule has 3 fully saturated rings. The van der Waals surface area contributed by atoms with E-state index >= 15 is 4.39 Å². The first kappa shape index (κ1) is 27.7. The lowest BCUT2D eigenvalue weighted by Crippen LogP contribution is -2.55. The van der Waals surface area contributed by atoms with Crippen LogP contribution in [0, 0.1) is 11.6 Å². The molecule has 2 aromatic rings. The number of hydrogen-bond donors (Lipinski definition) is 2. The van der Waals surface area contributed by atoms with E-state index in [1.165, 1.54) is 18.2 Å². The molecule has 6 nitrogen and oxygen atoms in total. The van der Waals surface area contributed by atoms with Gasteiger partial charge in [-0.2, -0.15) is 0 Å². The van der Waals surface area contributed by atoms with Gasteiger partial charge < -0.3 is 25.2 Å². The molecule has 0 aliphatic carbocycles. The highest BCUT2D eigenvalue weighted by Crippen LogP contribution is 2.37. The fraction of sp³-hybridized carbons (Fsp3) is 0.552. The summed E-state index contributed by atoms with van der Waals surface area (Å²) in [5.41, 5.74) is 0.227. The Hall–Kier alpha value is -2.85. The summed E-state index contributed by atoms with van der Waals surface area (Å²) in [5, 5.41) is 6.14. The predicted octanol–water partition coefficient (Wildman–Crippen LogP) is 5.66. The summed E-state index contributed by atoms with van der Waals surface area (Å²) in [4.78, 5) is 17.9. The Morgan fingerprint density at radius 1 is 1.03 bits per heavy atom. The lowest BCUT2D eigenvalue weighted by Gasteiger charge is -2.47. The first-order valence-electron chi connectivity index (χ1n) is 13.7. The fourth-order valence-electron chi connectivity index (χ4n) is 6.09. The average molecular weight is 549 g/mol. The molecule has 1 amide bonds. The highest BCUT2D eigenvalue weighted by Gasteiger charge is 2.37. The van der Waals surface area contributed by atoms with E-state index in [0.717, 1.165) is 51.3 Å². The molecule has 39 heavy (non-hydrogen) atoms. The van der Waals surface area contributed by atoms with Crippen LogP contribution in [0.2, 0.25) is 0 Å². The second kappa shape index (κ2) is 11.7. The molecule has 0 radical (unpaired) electrons. The van der Waals surface area contributed by atoms with E-state index in [2.05, 4.69) is 15.5 Å². The van der Waals surface area contributed by atoms with Gasteiger partial charge in [-0.1, -0.05) is 18.2 Å². The number of alkyl halides is 2. The van der Waals surface area contributed by atoms with Gasteiger partial charge in [-0.05, 0) is 71.3 Å². The topological polar surface area (TPSA) is 56.8 Å². The molecule has 2 N–H and O–H groups in total. The van der Waals surface area contributed by atoms with E-state index in [-0.39, 0.29) is 29.3 Å². The number of fused-ring (bicyclic) bond motifs is 2. The number of benzene rings is 2. The van der Waals surface area contributed by atoms with Gasteiger partial charge in [0.1, 0.15) is 11.6 Å². The number of anilines is 2. The Kier molecular flexibility index (Phi) is 8.32. The molecule has 3 atom stereocenters. The van der Waals surface area contributed by atoms with E-state index in [9.17, 15) is 18.0 Å². The molecule has 2 aromatic carbocycles. The molecule has 10 heteroatoms. The molecule has 3 heterocycles. The minimum absolute atomic E-state index is 0.0284. The molecule has 5 rings (SSSR count). The van der Waals surface area contributed by atoms with Gasteiger partial charge >= 0.3 is 0 Å². The van der Waals surface area contributed by atoms with Crippen molar-refractivity contribution >= 4 is 17.3 Å². The minimum atomic E-state index is -2.97. The largest absolute Gasteiger partial charge is 0.381 e. The monoisotopic (exact) mass is 548 g/mol. The van der Waals surface area contributed by atoms with Crippen molar-refractivity contribution in [3.05, 3.63) is 58.7 Å². The molecule has 0 aromatic heterocycles. The van der Waals surface area contributed by atoms with E-state index in [1.54, 1.807) is 13.0 Å². The van der Waals surface area contributed by atoms with Gasteiger partial charge in [0.2, 0.25) is 0 Å². The highest BCUT2D eigenvalue weighted by molar-refractivity contribution is 6.01. The zero-order valence-electron chi connectivity index (χ0n) is 22.4. The predicted molar refractivity (Wildman–Crippen MR) is 143 cm³/mol. The SMILES string of the molecule is C[C@@H](NC(=O)c1cc(N2C3CCCC2COC3)c(F)cc1NC1CCN(C)CC1)c1cccc(C(F)F)c1F. The van der Waals surface area contributed by atoms with Gasteiger partial charge in [-0.25, -0.2) is 17.6 Å². The molecule has 3 saturated heterocycles. The molecule has 3 aliphatic rings. The van der Waals surface area contributed by atoms with Crippen LogP contribution in [0.25, 0.3) is 0 Å². The van der Waals surface area contributed by atoms with E-state index in [4.69, 9.17) is 4.74 Å². The van der Waals surface area contributed by atoms with Crippen LogP contribution < -0.4 is 15.5 Å². The van der Waals surface area contributed by atoms with Crippen LogP contribution >= 0.6 is 0 Å². The summed E-state index contributed by atoms with van der Waals surface area (Å²) in [7, 11) is 2.05. The van der Waals surface area contributed by atoms with Crippen molar-refractivity contribution in [1.82, 2.24) is 10.2 Å². The second-order valence-electron chi connectivity index (χ2n) is 11.0. The smallest absolute Gasteiger partial charge is 0.266 e. The molecule has 2 unspecified atom stereocenters. The highest BCUT2D eigenvalue weighted by atomic mass is 19.3. The van der Waals surface area contributed by atoms with Gasteiger partial charge in [0, 0.05) is 11.6 Å². The summed E-state index contributed by atoms with van der Waals surface area (Å²) in [5.74, 6) is -1.98. The van der Waals surface area contributed by atoms with Crippen LogP contribution in [0.1, 0.15) is 73.0 Å². The van der Waals surface area contributed by atoms with Crippen molar-refractivity contribution in [2.75, 3.05) is 43.6 Å². The number of likely N-dealkylation sites (tertiary alicyclic amines) is 1. The normalized spacial score (nSPS) is 23.1. The number of hydrogen-bond acceptors (Lipinski definition) is 5. The maximum Gasteiger partial charge on any atom is 0.266 e. The summed E-state index contributed by atoms with van der Waals surface area (Å²) in [6, 6.07) is 5.97. The van der Waals surface area contributed by atoms with Gasteiger partial charge in [0.15, 0.2) is 0 Å². The van der Waals surface area contributed by atoms with E-state index in [0.29, 0.717) is 24.6 Å². The van der Waals surface area contributed by atoms with Crippen molar-refractivity contribution in [1.29, 1.82) is 0 Å². The van der Waals surface area contributed by atoms with Crippen molar-refractivity contribution in [2.24, 2.45) is 0 Å². The van der Waals surface area contributed by atoms with Crippen LogP contribution in [0.3, 0.4) is 0 Å². The summed E-state index contributed by atoms with van der Waals surface area (Å²) in [6.07, 6.45) is 1.52. The lowest BCUT2D eigenvalue weighted by molar-refractivity contribution is 0.0459. The standard InChI is InChI=1S/C29H36F4N4O2/c1-17(21-7-4-8-22(27(21)31)28(32)33)34-29(38)23-13-26(37-19-5-3-6-20(37)16-39-15-19)24(30)14-25(23)35-18-9-11-36(2)12-10-18/h4,7-8,13-14,17-20,28,35H,3,5-6,9-12,15-16H2,1-2H3,(H,34,38)/t17-,19?,20?/m1/s1. The Balaban J connectivity index is 1.47. The van der Waals surface area contributed by atoms with E-state index < -0.39 is 35.6 Å². The summed E-state index contributed by atoms with van der Waals surface area (Å²) < 4.78 is 62.8. The van der Waals surface area contributed by atoms with Crippen molar-refractivity contribution in [2.45, 2.75) is 69.6 Å². The number of piperidine rings is 2. The van der Waals surface area contributed by atoms with Crippen molar-refractivity contribution < 1.29 is 27.1 Å².